The van der Waals surface area contributed by atoms with Gasteiger partial charge in [-0.15, -0.1) is 0 Å². The summed E-state index contributed by atoms with van der Waals surface area (Å²) >= 11 is 3.40. The maximum absolute atomic E-state index is 12.7. The topological polar surface area (TPSA) is 96.0 Å². The molecule has 2 aromatic heterocycles. The van der Waals surface area contributed by atoms with E-state index in [-0.39, 0.29) is 22.5 Å². The van der Waals surface area contributed by atoms with Crippen molar-refractivity contribution < 1.29 is 23.1 Å². The Hall–Kier alpha value is -4.17. The van der Waals surface area contributed by atoms with Crippen molar-refractivity contribution in [1.82, 2.24) is 0 Å². The van der Waals surface area contributed by atoms with Crippen LogP contribution in [0.5, 0.6) is 11.5 Å². The molecule has 0 saturated heterocycles. The van der Waals surface area contributed by atoms with E-state index in [4.69, 9.17) is 18.3 Å². The van der Waals surface area contributed by atoms with Crippen LogP contribution in [0.4, 0.5) is 0 Å². The molecule has 0 saturated carbocycles. The normalized spacial score (nSPS) is 11.0. The van der Waals surface area contributed by atoms with Crippen molar-refractivity contribution in [3.8, 4) is 22.6 Å². The molecule has 0 spiro atoms. The van der Waals surface area contributed by atoms with Gasteiger partial charge in [-0.3, -0.25) is 0 Å². The second-order valence-corrected chi connectivity index (χ2v) is 8.27. The number of methoxy groups -OCH3 is 1. The van der Waals surface area contributed by atoms with Gasteiger partial charge in [0.05, 0.1) is 12.7 Å². The van der Waals surface area contributed by atoms with Crippen LogP contribution in [0.25, 0.3) is 33.1 Å². The molecule has 3 aromatic carbocycles. The Balaban J connectivity index is 1.59. The quantitative estimate of drug-likeness (QED) is 0.174. The van der Waals surface area contributed by atoms with Crippen LogP contribution in [0.1, 0.15) is 10.4 Å². The van der Waals surface area contributed by atoms with Crippen molar-refractivity contribution in [1.29, 1.82) is 0 Å². The van der Waals surface area contributed by atoms with Gasteiger partial charge < -0.3 is 18.3 Å². The number of carbonyl (C=O) groups excluding carboxylic acids is 1. The molecule has 5 rings (SSSR count). The zero-order valence-electron chi connectivity index (χ0n) is 17.7. The number of ether oxygens (including phenoxy) is 2. The smallest absolute Gasteiger partial charge is 0.347 e. The lowest BCUT2D eigenvalue weighted by atomic mass is 10.0. The number of benzene rings is 3. The zero-order valence-corrected chi connectivity index (χ0v) is 19.2. The summed E-state index contributed by atoms with van der Waals surface area (Å²) in [5.74, 6) is -0.0917. The fraction of sp³-hybridized carbons (Fsp3) is 0.0385. The van der Waals surface area contributed by atoms with E-state index in [0.717, 1.165) is 4.47 Å². The third-order valence-corrected chi connectivity index (χ3v) is 5.73. The van der Waals surface area contributed by atoms with Crippen LogP contribution < -0.4 is 20.7 Å². The van der Waals surface area contributed by atoms with Crippen molar-refractivity contribution >= 4 is 43.8 Å². The summed E-state index contributed by atoms with van der Waals surface area (Å²) in [6.45, 7) is 0. The van der Waals surface area contributed by atoms with E-state index < -0.39 is 17.2 Å². The molecule has 34 heavy (non-hydrogen) atoms. The first kappa shape index (κ1) is 21.7. The fourth-order valence-electron chi connectivity index (χ4n) is 3.69. The SMILES string of the molecule is COc1ccccc1C(=O)Oc1ccc2c(-c3cc4cc(Br)ccc4oc3=O)cc(=O)oc2c1. The lowest BCUT2D eigenvalue weighted by Crippen LogP contribution is -2.10. The van der Waals surface area contributed by atoms with E-state index in [9.17, 15) is 14.4 Å². The van der Waals surface area contributed by atoms with Gasteiger partial charge in [-0.1, -0.05) is 28.1 Å². The van der Waals surface area contributed by atoms with E-state index in [1.807, 2.05) is 6.07 Å². The molecule has 0 atom stereocenters. The standard InChI is InChI=1S/C26H15BrO7/c1-31-22-5-3-2-4-18(22)25(29)32-16-7-8-17-19(13-24(28)33-23(17)12-16)20-11-14-10-15(27)6-9-21(14)34-26(20)30/h2-13H,1H3. The van der Waals surface area contributed by atoms with E-state index in [0.29, 0.717) is 27.7 Å². The summed E-state index contributed by atoms with van der Waals surface area (Å²) in [6, 6.07) is 19.4. The van der Waals surface area contributed by atoms with Crippen molar-refractivity contribution in [2.24, 2.45) is 0 Å². The summed E-state index contributed by atoms with van der Waals surface area (Å²) in [5.41, 5.74) is 0.140. The van der Waals surface area contributed by atoms with Gasteiger partial charge in [0.15, 0.2) is 0 Å². The van der Waals surface area contributed by atoms with Crippen LogP contribution in [0.15, 0.2) is 95.7 Å². The molecule has 0 N–H and O–H groups in total. The van der Waals surface area contributed by atoms with Crippen molar-refractivity contribution in [3.05, 3.63) is 104 Å². The molecule has 0 aliphatic heterocycles. The van der Waals surface area contributed by atoms with E-state index in [2.05, 4.69) is 15.9 Å². The molecule has 168 valence electrons. The van der Waals surface area contributed by atoms with Gasteiger partial charge in [-0.2, -0.15) is 0 Å². The lowest BCUT2D eigenvalue weighted by Gasteiger charge is -2.10. The number of rotatable bonds is 4. The molecule has 0 fully saturated rings. The molecule has 5 aromatic rings. The average Bonchev–Trinajstić information content (AvgIpc) is 2.83. The van der Waals surface area contributed by atoms with Crippen LogP contribution in [0, 0.1) is 0 Å². The van der Waals surface area contributed by atoms with Crippen molar-refractivity contribution in [3.63, 3.8) is 0 Å². The summed E-state index contributed by atoms with van der Waals surface area (Å²) < 4.78 is 22.3. The Morgan fingerprint density at radius 3 is 2.50 bits per heavy atom. The zero-order chi connectivity index (χ0) is 23.8. The highest BCUT2D eigenvalue weighted by molar-refractivity contribution is 9.10. The van der Waals surface area contributed by atoms with E-state index in [1.165, 1.54) is 19.2 Å². The lowest BCUT2D eigenvalue weighted by molar-refractivity contribution is 0.0731. The average molecular weight is 519 g/mol. The molecule has 7 nitrogen and oxygen atoms in total. The first-order chi connectivity index (χ1) is 16.4. The minimum absolute atomic E-state index is 0.154. The molecule has 8 heteroatoms. The molecule has 0 radical (unpaired) electrons. The number of halogens is 1. The predicted molar refractivity (Wildman–Crippen MR) is 130 cm³/mol. The minimum Gasteiger partial charge on any atom is -0.496 e. The number of hydrogen-bond donors (Lipinski definition) is 0. The Morgan fingerprint density at radius 1 is 0.853 bits per heavy atom. The van der Waals surface area contributed by atoms with E-state index >= 15 is 0 Å². The van der Waals surface area contributed by atoms with Gasteiger partial charge in [0.2, 0.25) is 0 Å². The Bertz CT molecular complexity index is 1700. The third kappa shape index (κ3) is 3.99. The summed E-state index contributed by atoms with van der Waals surface area (Å²) in [4.78, 5) is 37.7. The second-order valence-electron chi connectivity index (χ2n) is 7.36. The molecule has 2 heterocycles. The number of hydrogen-bond acceptors (Lipinski definition) is 7. The first-order valence-corrected chi connectivity index (χ1v) is 10.9. The Kier molecular flexibility index (Phi) is 5.51. The number of esters is 1. The van der Waals surface area contributed by atoms with E-state index in [1.54, 1.807) is 54.6 Å². The highest BCUT2D eigenvalue weighted by Crippen LogP contribution is 2.31. The van der Waals surface area contributed by atoms with Crippen LogP contribution >= 0.6 is 15.9 Å². The Morgan fingerprint density at radius 2 is 1.68 bits per heavy atom. The molecule has 0 aliphatic rings. The predicted octanol–water partition coefficient (Wildman–Crippen LogP) is 5.56. The van der Waals surface area contributed by atoms with Crippen molar-refractivity contribution in [2.45, 2.75) is 0 Å². The maximum Gasteiger partial charge on any atom is 0.347 e. The Labute approximate surface area is 200 Å². The number of fused-ring (bicyclic) bond motifs is 2. The van der Waals surface area contributed by atoms with Gasteiger partial charge in [-0.25, -0.2) is 14.4 Å². The van der Waals surface area contributed by atoms with Gasteiger partial charge in [0.1, 0.15) is 28.2 Å². The largest absolute Gasteiger partial charge is 0.496 e. The molecule has 0 amide bonds. The number of para-hydroxylation sites is 1. The van der Waals surface area contributed by atoms with Gasteiger partial charge in [-0.05, 0) is 48.5 Å². The second kappa shape index (κ2) is 8.64. The highest BCUT2D eigenvalue weighted by Gasteiger charge is 2.17. The summed E-state index contributed by atoms with van der Waals surface area (Å²) in [5, 5.41) is 1.17. The van der Waals surface area contributed by atoms with Crippen LogP contribution in [0.2, 0.25) is 0 Å². The molecule has 0 aliphatic carbocycles. The van der Waals surface area contributed by atoms with Crippen LogP contribution in [-0.2, 0) is 0 Å². The molecular weight excluding hydrogens is 504 g/mol. The first-order valence-electron chi connectivity index (χ1n) is 10.1. The number of carbonyl (C=O) groups is 1. The van der Waals surface area contributed by atoms with Crippen molar-refractivity contribution in [2.75, 3.05) is 7.11 Å². The van der Waals surface area contributed by atoms with Crippen LogP contribution in [0.3, 0.4) is 0 Å². The van der Waals surface area contributed by atoms with Gasteiger partial charge in [0.25, 0.3) is 0 Å². The maximum atomic E-state index is 12.7. The van der Waals surface area contributed by atoms with Gasteiger partial charge in [0, 0.05) is 32.9 Å². The van der Waals surface area contributed by atoms with Gasteiger partial charge >= 0.3 is 17.2 Å². The summed E-state index contributed by atoms with van der Waals surface area (Å²) in [7, 11) is 1.46. The molecular formula is C26H15BrO7. The summed E-state index contributed by atoms with van der Waals surface area (Å²) in [6.07, 6.45) is 0. The monoisotopic (exact) mass is 518 g/mol. The minimum atomic E-state index is -0.663. The molecule has 0 unspecified atom stereocenters. The molecule has 0 bridgehead atoms. The third-order valence-electron chi connectivity index (χ3n) is 5.24. The van der Waals surface area contributed by atoms with Crippen LogP contribution in [-0.4, -0.2) is 13.1 Å². The fourth-order valence-corrected chi connectivity index (χ4v) is 4.07. The highest BCUT2D eigenvalue weighted by atomic mass is 79.9.